The number of halogens is 2. The third kappa shape index (κ3) is 11.1. The first-order valence-corrected chi connectivity index (χ1v) is 14.0. The van der Waals surface area contributed by atoms with Crippen LogP contribution < -0.4 is 0 Å². The number of carbonyl (C=O) groups excluding carboxylic acids is 2. The van der Waals surface area contributed by atoms with Crippen LogP contribution >= 0.6 is 0 Å². The van der Waals surface area contributed by atoms with Crippen molar-refractivity contribution < 1.29 is 23.1 Å². The smallest absolute Gasteiger partial charge is 0.328 e. The molecule has 1 atom stereocenters. The molecule has 0 bridgehead atoms. The van der Waals surface area contributed by atoms with Gasteiger partial charge in [-0.25, -0.2) is 13.6 Å². The van der Waals surface area contributed by atoms with Crippen molar-refractivity contribution in [2.75, 3.05) is 13.2 Å². The van der Waals surface area contributed by atoms with Crippen molar-refractivity contribution >= 4 is 11.9 Å². The SMILES string of the molecule is CCCCCCCCCCCCCCCCCOC(=O)C1CCCN1C(=O)c1ccc(F)cc1F. The number of ether oxygens (including phenoxy) is 1. The molecule has 0 radical (unpaired) electrons. The highest BCUT2D eigenvalue weighted by atomic mass is 19.1. The Labute approximate surface area is 210 Å². The Morgan fingerprint density at radius 1 is 0.857 bits per heavy atom. The number of carbonyl (C=O) groups is 2. The Kier molecular flexibility index (Phi) is 14.6. The van der Waals surface area contributed by atoms with Crippen LogP contribution in [0, 0.1) is 11.6 Å². The zero-order valence-electron chi connectivity index (χ0n) is 21.7. The van der Waals surface area contributed by atoms with Crippen LogP contribution in [0.5, 0.6) is 0 Å². The van der Waals surface area contributed by atoms with Crippen LogP contribution in [0.15, 0.2) is 18.2 Å². The largest absolute Gasteiger partial charge is 0.464 e. The summed E-state index contributed by atoms with van der Waals surface area (Å²) in [7, 11) is 0. The number of nitrogens with zero attached hydrogens (tertiary/aromatic N) is 1. The number of hydrogen-bond acceptors (Lipinski definition) is 3. The summed E-state index contributed by atoms with van der Waals surface area (Å²) in [4.78, 5) is 26.5. The van der Waals surface area contributed by atoms with Crippen molar-refractivity contribution in [3.05, 3.63) is 35.4 Å². The average molecular weight is 494 g/mol. The van der Waals surface area contributed by atoms with Gasteiger partial charge in [0.25, 0.3) is 5.91 Å². The van der Waals surface area contributed by atoms with Crippen molar-refractivity contribution in [3.8, 4) is 0 Å². The van der Waals surface area contributed by atoms with E-state index in [4.69, 9.17) is 4.74 Å². The maximum absolute atomic E-state index is 14.0. The van der Waals surface area contributed by atoms with Crippen LogP contribution in [-0.2, 0) is 9.53 Å². The van der Waals surface area contributed by atoms with E-state index in [-0.39, 0.29) is 5.56 Å². The first-order chi connectivity index (χ1) is 17.0. The quantitative estimate of drug-likeness (QED) is 0.154. The Balaban J connectivity index is 1.49. The fraction of sp³-hybridized carbons (Fsp3) is 0.724. The van der Waals surface area contributed by atoms with Crippen LogP contribution in [-0.4, -0.2) is 36.0 Å². The minimum absolute atomic E-state index is 0.214. The van der Waals surface area contributed by atoms with Crippen LogP contribution in [0.25, 0.3) is 0 Å². The predicted octanol–water partition coefficient (Wildman–Crippen LogP) is 7.98. The summed E-state index contributed by atoms with van der Waals surface area (Å²) in [5.74, 6) is -2.66. The van der Waals surface area contributed by atoms with Gasteiger partial charge in [-0.15, -0.1) is 0 Å². The molecule has 1 heterocycles. The lowest BCUT2D eigenvalue weighted by Gasteiger charge is -2.23. The number of unbranched alkanes of at least 4 members (excludes halogenated alkanes) is 14. The minimum Gasteiger partial charge on any atom is -0.464 e. The van der Waals surface area contributed by atoms with Gasteiger partial charge in [0.1, 0.15) is 17.7 Å². The summed E-state index contributed by atoms with van der Waals surface area (Å²) >= 11 is 0. The van der Waals surface area contributed by atoms with Gasteiger partial charge in [-0.05, 0) is 31.4 Å². The van der Waals surface area contributed by atoms with Crippen LogP contribution in [0.1, 0.15) is 126 Å². The topological polar surface area (TPSA) is 46.6 Å². The monoisotopic (exact) mass is 493 g/mol. The van der Waals surface area contributed by atoms with Gasteiger partial charge in [0, 0.05) is 12.6 Å². The number of esters is 1. The van der Waals surface area contributed by atoms with E-state index in [0.717, 1.165) is 31.4 Å². The number of likely N-dealkylation sites (tertiary alicyclic amines) is 1. The molecule has 1 amide bonds. The lowest BCUT2D eigenvalue weighted by molar-refractivity contribution is -0.148. The molecule has 35 heavy (non-hydrogen) atoms. The molecule has 0 N–H and O–H groups in total. The molecule has 1 fully saturated rings. The van der Waals surface area contributed by atoms with Gasteiger partial charge < -0.3 is 9.64 Å². The van der Waals surface area contributed by atoms with Gasteiger partial charge in [-0.2, -0.15) is 0 Å². The maximum Gasteiger partial charge on any atom is 0.328 e. The Morgan fingerprint density at radius 2 is 1.40 bits per heavy atom. The van der Waals surface area contributed by atoms with E-state index in [9.17, 15) is 18.4 Å². The maximum atomic E-state index is 14.0. The molecule has 1 aromatic carbocycles. The van der Waals surface area contributed by atoms with Crippen molar-refractivity contribution in [1.29, 1.82) is 0 Å². The molecule has 0 aliphatic carbocycles. The lowest BCUT2D eigenvalue weighted by Crippen LogP contribution is -2.41. The van der Waals surface area contributed by atoms with Crippen molar-refractivity contribution in [3.63, 3.8) is 0 Å². The Morgan fingerprint density at radius 3 is 1.94 bits per heavy atom. The van der Waals surface area contributed by atoms with Crippen molar-refractivity contribution in [2.45, 2.75) is 122 Å². The van der Waals surface area contributed by atoms with Gasteiger partial charge in [0.05, 0.1) is 12.2 Å². The van der Waals surface area contributed by atoms with E-state index in [2.05, 4.69) is 6.92 Å². The summed E-state index contributed by atoms with van der Waals surface area (Å²) in [5.41, 5.74) is -0.214. The zero-order chi connectivity index (χ0) is 25.3. The standard InChI is InChI=1S/C29H45F2NO3/c1-2-3-4-5-6-7-8-9-10-11-12-13-14-15-16-22-35-29(34)27-18-17-21-32(27)28(33)25-20-19-24(30)23-26(25)31/h19-20,23,27H,2-18,21-22H2,1H3. The summed E-state index contributed by atoms with van der Waals surface area (Å²) in [5, 5.41) is 0. The first kappa shape index (κ1) is 29.3. The van der Waals surface area contributed by atoms with E-state index in [1.54, 1.807) is 0 Å². The van der Waals surface area contributed by atoms with Gasteiger partial charge in [-0.3, -0.25) is 4.79 Å². The first-order valence-electron chi connectivity index (χ1n) is 14.0. The van der Waals surface area contributed by atoms with E-state index < -0.39 is 29.6 Å². The van der Waals surface area contributed by atoms with Crippen molar-refractivity contribution in [2.24, 2.45) is 0 Å². The molecule has 1 saturated heterocycles. The molecule has 1 aliphatic rings. The average Bonchev–Trinajstić information content (AvgIpc) is 3.33. The van der Waals surface area contributed by atoms with Gasteiger partial charge in [0.2, 0.25) is 0 Å². The molecule has 1 unspecified atom stereocenters. The number of rotatable bonds is 18. The highest BCUT2D eigenvalue weighted by molar-refractivity contribution is 5.97. The minimum atomic E-state index is -0.910. The Hall–Kier alpha value is -1.98. The molecule has 1 aliphatic heterocycles. The summed E-state index contributed by atoms with van der Waals surface area (Å²) in [6.45, 7) is 2.97. The van der Waals surface area contributed by atoms with E-state index in [0.29, 0.717) is 32.1 Å². The molecule has 0 spiro atoms. The van der Waals surface area contributed by atoms with E-state index >= 15 is 0 Å². The third-order valence-corrected chi connectivity index (χ3v) is 6.94. The second-order valence-electron chi connectivity index (χ2n) is 9.90. The molecule has 198 valence electrons. The highest BCUT2D eigenvalue weighted by Crippen LogP contribution is 2.23. The zero-order valence-corrected chi connectivity index (χ0v) is 21.7. The van der Waals surface area contributed by atoms with E-state index in [1.807, 2.05) is 0 Å². The van der Waals surface area contributed by atoms with Crippen molar-refractivity contribution in [1.82, 2.24) is 4.90 Å². The normalized spacial score (nSPS) is 15.5. The molecule has 4 nitrogen and oxygen atoms in total. The van der Waals surface area contributed by atoms with Crippen LogP contribution in [0.4, 0.5) is 8.78 Å². The summed E-state index contributed by atoms with van der Waals surface area (Å²) < 4.78 is 32.6. The molecule has 0 aromatic heterocycles. The molecular formula is C29H45F2NO3. The highest BCUT2D eigenvalue weighted by Gasteiger charge is 2.36. The van der Waals surface area contributed by atoms with Gasteiger partial charge in [-0.1, -0.05) is 96.8 Å². The molecule has 2 rings (SSSR count). The number of amides is 1. The molecule has 6 heteroatoms. The second kappa shape index (κ2) is 17.4. The molecule has 0 saturated carbocycles. The molecule has 1 aromatic rings. The fourth-order valence-corrected chi connectivity index (χ4v) is 4.81. The summed E-state index contributed by atoms with van der Waals surface area (Å²) in [6.07, 6.45) is 20.3. The van der Waals surface area contributed by atoms with Crippen LogP contribution in [0.2, 0.25) is 0 Å². The van der Waals surface area contributed by atoms with Crippen LogP contribution in [0.3, 0.4) is 0 Å². The van der Waals surface area contributed by atoms with Gasteiger partial charge >= 0.3 is 5.97 Å². The number of benzene rings is 1. The summed E-state index contributed by atoms with van der Waals surface area (Å²) in [6, 6.07) is 2.18. The van der Waals surface area contributed by atoms with Gasteiger partial charge in [0.15, 0.2) is 0 Å². The van der Waals surface area contributed by atoms with E-state index in [1.165, 1.54) is 81.9 Å². The third-order valence-electron chi connectivity index (χ3n) is 6.94. The molecular weight excluding hydrogens is 448 g/mol. The number of hydrogen-bond donors (Lipinski definition) is 0. The second-order valence-corrected chi connectivity index (χ2v) is 9.90. The lowest BCUT2D eigenvalue weighted by atomic mass is 10.0. The Bertz CT molecular complexity index is 755. The fourth-order valence-electron chi connectivity index (χ4n) is 4.81. The predicted molar refractivity (Wildman–Crippen MR) is 136 cm³/mol.